The molecule has 0 radical (unpaired) electrons. The third-order valence-electron chi connectivity index (χ3n) is 8.38. The van der Waals surface area contributed by atoms with Crippen LogP contribution in [0.1, 0.15) is 66.8 Å². The molecule has 3 unspecified atom stereocenters. The number of para-hydroxylation sites is 2. The van der Waals surface area contributed by atoms with Gasteiger partial charge in [-0.25, -0.2) is 0 Å². The van der Waals surface area contributed by atoms with Crippen molar-refractivity contribution in [2.24, 2.45) is 0 Å². The van der Waals surface area contributed by atoms with Crippen LogP contribution in [-0.2, 0) is 0 Å². The molecule has 36 heavy (non-hydrogen) atoms. The summed E-state index contributed by atoms with van der Waals surface area (Å²) >= 11 is 2.13. The topological polar surface area (TPSA) is 18.5 Å². The summed E-state index contributed by atoms with van der Waals surface area (Å²) in [5, 5.41) is 3.74. The van der Waals surface area contributed by atoms with Gasteiger partial charge in [-0.1, -0.05) is 66.7 Å². The zero-order chi connectivity index (χ0) is 24.2. The number of nitrogens with one attached hydrogen (secondary N) is 1. The minimum Gasteiger partial charge on any atom is -0.364 e. The van der Waals surface area contributed by atoms with E-state index in [-0.39, 0.29) is 0 Å². The predicted molar refractivity (Wildman–Crippen MR) is 156 cm³/mol. The van der Waals surface area contributed by atoms with Crippen molar-refractivity contribution >= 4 is 23.1 Å². The number of benzene rings is 3. The predicted octanol–water partition coefficient (Wildman–Crippen LogP) is 7.18. The SMILES string of the molecule is c1ccc(C2CCCCN2c2ccccc2C2CNCCN2c2ccccc2C2CCCSC2)cc1. The molecule has 0 aromatic heterocycles. The number of nitrogens with zero attached hydrogens (tertiary/aromatic N) is 2. The average molecular weight is 498 g/mol. The molecule has 3 aliphatic rings. The molecular formula is C32H39N3S. The van der Waals surface area contributed by atoms with Crippen molar-refractivity contribution in [1.82, 2.24) is 5.32 Å². The number of piperidine rings is 1. The first-order valence-electron chi connectivity index (χ1n) is 13.9. The summed E-state index contributed by atoms with van der Waals surface area (Å²) in [5.74, 6) is 3.26. The first-order chi connectivity index (χ1) is 17.9. The molecule has 3 aliphatic heterocycles. The highest BCUT2D eigenvalue weighted by Crippen LogP contribution is 2.43. The van der Waals surface area contributed by atoms with E-state index in [0.717, 1.165) is 26.2 Å². The van der Waals surface area contributed by atoms with Gasteiger partial charge in [0.15, 0.2) is 0 Å². The second kappa shape index (κ2) is 11.3. The van der Waals surface area contributed by atoms with Gasteiger partial charge in [0.2, 0.25) is 0 Å². The first-order valence-corrected chi connectivity index (χ1v) is 15.1. The fourth-order valence-corrected chi connectivity index (χ4v) is 7.79. The van der Waals surface area contributed by atoms with Crippen LogP contribution < -0.4 is 15.1 Å². The standard InChI is InChI=1S/C32H39N3S/c1-2-11-25(12-3-1)29-16-8-9-20-34(29)31-18-7-5-15-28(31)32-23-33-19-21-35(32)30-17-6-4-14-27(30)26-13-10-22-36-24-26/h1-7,11-12,14-15,17-18,26,29,32-33H,8-10,13,16,19-24H2. The molecule has 0 spiro atoms. The van der Waals surface area contributed by atoms with Crippen molar-refractivity contribution in [1.29, 1.82) is 0 Å². The Bertz CT molecular complexity index is 1130. The largest absolute Gasteiger partial charge is 0.364 e. The van der Waals surface area contributed by atoms with Gasteiger partial charge in [0.25, 0.3) is 0 Å². The summed E-state index contributed by atoms with van der Waals surface area (Å²) in [7, 11) is 0. The van der Waals surface area contributed by atoms with E-state index >= 15 is 0 Å². The van der Waals surface area contributed by atoms with E-state index in [2.05, 4.69) is 106 Å². The Morgan fingerprint density at radius 2 is 1.39 bits per heavy atom. The number of thioether (sulfide) groups is 1. The minimum atomic E-state index is 0.339. The van der Waals surface area contributed by atoms with Gasteiger partial charge in [0.1, 0.15) is 0 Å². The Hall–Kier alpha value is -2.43. The van der Waals surface area contributed by atoms with Crippen LogP contribution in [0.5, 0.6) is 0 Å². The highest BCUT2D eigenvalue weighted by molar-refractivity contribution is 7.99. The molecule has 3 aromatic carbocycles. The third-order valence-corrected chi connectivity index (χ3v) is 9.60. The van der Waals surface area contributed by atoms with Crippen LogP contribution in [0.15, 0.2) is 78.9 Å². The number of hydrogen-bond acceptors (Lipinski definition) is 4. The lowest BCUT2D eigenvalue weighted by Crippen LogP contribution is -2.47. The average Bonchev–Trinajstić information content (AvgIpc) is 2.98. The lowest BCUT2D eigenvalue weighted by atomic mass is 9.90. The molecule has 0 bridgehead atoms. The maximum atomic E-state index is 3.74. The Labute approximate surface area is 221 Å². The van der Waals surface area contributed by atoms with Crippen LogP contribution >= 0.6 is 11.8 Å². The number of anilines is 2. The van der Waals surface area contributed by atoms with Crippen LogP contribution in [0.4, 0.5) is 11.4 Å². The van der Waals surface area contributed by atoms with Crippen molar-refractivity contribution in [3.05, 3.63) is 95.6 Å². The number of rotatable bonds is 5. The Kier molecular flexibility index (Phi) is 7.52. The molecule has 0 aliphatic carbocycles. The van der Waals surface area contributed by atoms with Gasteiger partial charge in [-0.3, -0.25) is 0 Å². The van der Waals surface area contributed by atoms with Gasteiger partial charge in [-0.05, 0) is 72.6 Å². The van der Waals surface area contributed by atoms with E-state index in [4.69, 9.17) is 0 Å². The smallest absolute Gasteiger partial charge is 0.0687 e. The molecule has 6 rings (SSSR count). The van der Waals surface area contributed by atoms with Crippen molar-refractivity contribution in [2.75, 3.05) is 47.5 Å². The molecular weight excluding hydrogens is 458 g/mol. The fourth-order valence-electron chi connectivity index (χ4n) is 6.62. The Balaban J connectivity index is 1.37. The normalized spacial score (nSPS) is 25.1. The van der Waals surface area contributed by atoms with Crippen LogP contribution in [0.25, 0.3) is 0 Å². The summed E-state index contributed by atoms with van der Waals surface area (Å²) < 4.78 is 0. The van der Waals surface area contributed by atoms with Crippen molar-refractivity contribution in [3.63, 3.8) is 0 Å². The highest BCUT2D eigenvalue weighted by Gasteiger charge is 2.32. The van der Waals surface area contributed by atoms with Gasteiger partial charge < -0.3 is 15.1 Å². The van der Waals surface area contributed by atoms with Gasteiger partial charge in [0.05, 0.1) is 12.1 Å². The van der Waals surface area contributed by atoms with Crippen LogP contribution in [0.3, 0.4) is 0 Å². The van der Waals surface area contributed by atoms with Gasteiger partial charge >= 0.3 is 0 Å². The molecule has 3 atom stereocenters. The minimum absolute atomic E-state index is 0.339. The number of piperazine rings is 1. The van der Waals surface area contributed by atoms with Crippen molar-refractivity contribution < 1.29 is 0 Å². The number of hydrogen-bond donors (Lipinski definition) is 1. The lowest BCUT2D eigenvalue weighted by Gasteiger charge is -2.44. The fraction of sp³-hybridized carbons (Fsp3) is 0.438. The first kappa shape index (κ1) is 23.9. The van der Waals surface area contributed by atoms with Crippen LogP contribution in [0.2, 0.25) is 0 Å². The Morgan fingerprint density at radius 3 is 2.19 bits per heavy atom. The molecule has 3 saturated heterocycles. The molecule has 3 heterocycles. The molecule has 3 aromatic rings. The third kappa shape index (κ3) is 4.90. The van der Waals surface area contributed by atoms with Crippen LogP contribution in [0, 0.1) is 0 Å². The quantitative estimate of drug-likeness (QED) is 0.402. The molecule has 3 nitrogen and oxygen atoms in total. The summed E-state index contributed by atoms with van der Waals surface area (Å²) in [6.45, 7) is 4.22. The maximum absolute atomic E-state index is 3.74. The zero-order valence-corrected chi connectivity index (χ0v) is 22.1. The molecule has 188 valence electrons. The second-order valence-corrected chi connectivity index (χ2v) is 11.7. The van der Waals surface area contributed by atoms with E-state index < -0.39 is 0 Å². The van der Waals surface area contributed by atoms with Crippen molar-refractivity contribution in [3.8, 4) is 0 Å². The van der Waals surface area contributed by atoms with E-state index in [1.165, 1.54) is 66.1 Å². The maximum Gasteiger partial charge on any atom is 0.0687 e. The van der Waals surface area contributed by atoms with Gasteiger partial charge in [-0.15, -0.1) is 0 Å². The summed E-state index contributed by atoms with van der Waals surface area (Å²) in [6.07, 6.45) is 6.47. The molecule has 1 N–H and O–H groups in total. The molecule has 4 heteroatoms. The van der Waals surface area contributed by atoms with E-state index in [1.807, 2.05) is 0 Å². The van der Waals surface area contributed by atoms with E-state index in [1.54, 1.807) is 5.56 Å². The summed E-state index contributed by atoms with van der Waals surface area (Å²) in [5.41, 5.74) is 7.38. The summed E-state index contributed by atoms with van der Waals surface area (Å²) in [6, 6.07) is 30.5. The van der Waals surface area contributed by atoms with Crippen molar-refractivity contribution in [2.45, 2.75) is 50.1 Å². The van der Waals surface area contributed by atoms with Gasteiger partial charge in [-0.2, -0.15) is 11.8 Å². The second-order valence-electron chi connectivity index (χ2n) is 10.6. The Morgan fingerprint density at radius 1 is 0.667 bits per heavy atom. The van der Waals surface area contributed by atoms with Gasteiger partial charge in [0, 0.05) is 43.3 Å². The molecule has 0 amide bonds. The van der Waals surface area contributed by atoms with Crippen LogP contribution in [-0.4, -0.2) is 37.7 Å². The monoisotopic (exact) mass is 497 g/mol. The zero-order valence-electron chi connectivity index (χ0n) is 21.3. The summed E-state index contributed by atoms with van der Waals surface area (Å²) in [4.78, 5) is 5.44. The van der Waals surface area contributed by atoms with E-state index in [0.29, 0.717) is 18.0 Å². The lowest BCUT2D eigenvalue weighted by molar-refractivity contribution is 0.461. The highest BCUT2D eigenvalue weighted by atomic mass is 32.2. The molecule has 3 fully saturated rings. The molecule has 0 saturated carbocycles. The van der Waals surface area contributed by atoms with E-state index in [9.17, 15) is 0 Å².